The van der Waals surface area contributed by atoms with E-state index in [0.717, 1.165) is 0 Å². The summed E-state index contributed by atoms with van der Waals surface area (Å²) in [5.74, 6) is 4.53. The molecule has 0 spiro atoms. The lowest BCUT2D eigenvalue weighted by Gasteiger charge is -2.14. The van der Waals surface area contributed by atoms with Gasteiger partial charge in [-0.15, -0.1) is 0 Å². The normalized spacial score (nSPS) is 9.81. The minimum atomic E-state index is -0.576. The summed E-state index contributed by atoms with van der Waals surface area (Å²) < 4.78 is 0. The number of phenols is 2. The van der Waals surface area contributed by atoms with Crippen molar-refractivity contribution in [3.63, 3.8) is 0 Å². The standard InChI is InChI=1S/C9H11N3O3S/c10-9(16)12(11)8(15)4-5-3-6(13)1-2-7(5)14/h1-3,13-14H,4,11H2,(H2,10,16). The average molecular weight is 241 g/mol. The number of carbonyl (C=O) groups is 1. The van der Waals surface area contributed by atoms with Gasteiger partial charge >= 0.3 is 0 Å². The highest BCUT2D eigenvalue weighted by molar-refractivity contribution is 7.80. The minimum Gasteiger partial charge on any atom is -0.508 e. The maximum atomic E-state index is 11.5. The number of nitrogens with two attached hydrogens (primary N) is 2. The van der Waals surface area contributed by atoms with Crippen molar-refractivity contribution in [1.29, 1.82) is 0 Å². The molecule has 1 aromatic rings. The van der Waals surface area contributed by atoms with Crippen LogP contribution >= 0.6 is 12.2 Å². The van der Waals surface area contributed by atoms with Crippen molar-refractivity contribution in [1.82, 2.24) is 5.01 Å². The molecule has 16 heavy (non-hydrogen) atoms. The lowest BCUT2D eigenvalue weighted by Crippen LogP contribution is -2.46. The number of nitrogens with zero attached hydrogens (tertiary/aromatic N) is 1. The molecule has 6 nitrogen and oxygen atoms in total. The van der Waals surface area contributed by atoms with Crippen molar-refractivity contribution in [3.8, 4) is 11.5 Å². The highest BCUT2D eigenvalue weighted by Crippen LogP contribution is 2.22. The Balaban J connectivity index is 2.84. The first-order valence-corrected chi connectivity index (χ1v) is 4.70. The van der Waals surface area contributed by atoms with E-state index in [4.69, 9.17) is 11.6 Å². The molecule has 0 aromatic heterocycles. The van der Waals surface area contributed by atoms with Gasteiger partial charge in [0.05, 0.1) is 6.42 Å². The van der Waals surface area contributed by atoms with E-state index >= 15 is 0 Å². The molecule has 0 fully saturated rings. The quantitative estimate of drug-likeness (QED) is 0.184. The number of carbonyl (C=O) groups excluding carboxylic acids is 1. The molecular formula is C9H11N3O3S. The molecule has 86 valence electrons. The van der Waals surface area contributed by atoms with E-state index in [1.807, 2.05) is 0 Å². The molecule has 1 amide bonds. The fraction of sp³-hybridized carbons (Fsp3) is 0.111. The Labute approximate surface area is 97.0 Å². The van der Waals surface area contributed by atoms with E-state index in [1.165, 1.54) is 18.2 Å². The molecule has 1 rings (SSSR count). The summed E-state index contributed by atoms with van der Waals surface area (Å²) in [6.45, 7) is 0. The Morgan fingerprint density at radius 3 is 2.62 bits per heavy atom. The summed E-state index contributed by atoms with van der Waals surface area (Å²) in [6, 6.07) is 3.84. The van der Waals surface area contributed by atoms with Crippen LogP contribution in [-0.2, 0) is 11.2 Å². The summed E-state index contributed by atoms with van der Waals surface area (Å²) >= 11 is 4.52. The molecule has 0 saturated heterocycles. The van der Waals surface area contributed by atoms with E-state index in [1.54, 1.807) is 0 Å². The molecule has 0 atom stereocenters. The third-order valence-electron chi connectivity index (χ3n) is 1.91. The number of aromatic hydroxyl groups is 2. The maximum absolute atomic E-state index is 11.5. The van der Waals surface area contributed by atoms with Gasteiger partial charge in [0.1, 0.15) is 11.5 Å². The molecule has 0 radical (unpaired) electrons. The second kappa shape index (κ2) is 4.77. The SMILES string of the molecule is NC(=S)N(N)C(=O)Cc1cc(O)ccc1O. The number of benzene rings is 1. The van der Waals surface area contributed by atoms with Crippen LogP contribution in [0.15, 0.2) is 18.2 Å². The summed E-state index contributed by atoms with van der Waals surface area (Å²) in [5.41, 5.74) is 5.41. The molecule has 0 saturated carbocycles. The van der Waals surface area contributed by atoms with E-state index in [2.05, 4.69) is 12.2 Å². The number of thiocarbonyl (C=S) groups is 1. The average Bonchev–Trinajstić information content (AvgIpc) is 2.22. The molecular weight excluding hydrogens is 230 g/mol. The molecule has 7 heteroatoms. The number of phenolic OH excluding ortho intramolecular Hbond substituents is 2. The first-order chi connectivity index (χ1) is 7.41. The fourth-order valence-corrected chi connectivity index (χ4v) is 1.19. The van der Waals surface area contributed by atoms with Gasteiger partial charge in [0, 0.05) is 5.56 Å². The third kappa shape index (κ3) is 2.81. The second-order valence-electron chi connectivity index (χ2n) is 3.09. The summed E-state index contributed by atoms with van der Waals surface area (Å²) in [4.78, 5) is 11.5. The third-order valence-corrected chi connectivity index (χ3v) is 2.11. The van der Waals surface area contributed by atoms with Crippen LogP contribution in [0.5, 0.6) is 11.5 Å². The second-order valence-corrected chi connectivity index (χ2v) is 3.51. The van der Waals surface area contributed by atoms with Gasteiger partial charge in [-0.1, -0.05) is 0 Å². The topological polar surface area (TPSA) is 113 Å². The molecule has 1 aromatic carbocycles. The van der Waals surface area contributed by atoms with Crippen LogP contribution in [0, 0.1) is 0 Å². The van der Waals surface area contributed by atoms with Crippen LogP contribution in [0.4, 0.5) is 0 Å². The van der Waals surface area contributed by atoms with Crippen LogP contribution in [-0.4, -0.2) is 26.2 Å². The lowest BCUT2D eigenvalue weighted by molar-refractivity contribution is -0.126. The van der Waals surface area contributed by atoms with Crippen LogP contribution in [0.2, 0.25) is 0 Å². The zero-order valence-corrected chi connectivity index (χ0v) is 9.07. The van der Waals surface area contributed by atoms with Gasteiger partial charge in [0.25, 0.3) is 0 Å². The zero-order valence-electron chi connectivity index (χ0n) is 8.25. The molecule has 0 aliphatic rings. The minimum absolute atomic E-state index is 0.0560. The molecule has 0 heterocycles. The van der Waals surface area contributed by atoms with Crippen molar-refractivity contribution in [3.05, 3.63) is 23.8 Å². The number of hydrogen-bond donors (Lipinski definition) is 4. The predicted octanol–water partition coefficient (Wildman–Crippen LogP) is -0.414. The number of hydrazine groups is 1. The van der Waals surface area contributed by atoms with Crippen LogP contribution < -0.4 is 11.6 Å². The first-order valence-electron chi connectivity index (χ1n) is 4.29. The Morgan fingerprint density at radius 1 is 1.44 bits per heavy atom. The Bertz CT molecular complexity index is 436. The van der Waals surface area contributed by atoms with Crippen molar-refractivity contribution >= 4 is 23.2 Å². The first kappa shape index (κ1) is 12.2. The van der Waals surface area contributed by atoms with Gasteiger partial charge in [-0.05, 0) is 30.4 Å². The van der Waals surface area contributed by atoms with Crippen molar-refractivity contribution in [2.75, 3.05) is 0 Å². The molecule has 0 aliphatic carbocycles. The van der Waals surface area contributed by atoms with Crippen LogP contribution in [0.1, 0.15) is 5.56 Å². The van der Waals surface area contributed by atoms with Crippen molar-refractivity contribution in [2.45, 2.75) is 6.42 Å². The fourth-order valence-electron chi connectivity index (χ4n) is 1.08. The zero-order chi connectivity index (χ0) is 12.3. The largest absolute Gasteiger partial charge is 0.508 e. The van der Waals surface area contributed by atoms with Gasteiger partial charge in [0.15, 0.2) is 5.11 Å². The highest BCUT2D eigenvalue weighted by Gasteiger charge is 2.15. The van der Waals surface area contributed by atoms with Crippen LogP contribution in [0.3, 0.4) is 0 Å². The molecule has 0 unspecified atom stereocenters. The predicted molar refractivity (Wildman–Crippen MR) is 61.3 cm³/mol. The van der Waals surface area contributed by atoms with Gasteiger partial charge in [-0.25, -0.2) is 10.9 Å². The summed E-state index contributed by atoms with van der Waals surface area (Å²) in [7, 11) is 0. The van der Waals surface area contributed by atoms with E-state index in [-0.39, 0.29) is 28.6 Å². The van der Waals surface area contributed by atoms with E-state index in [0.29, 0.717) is 5.01 Å². The number of rotatable bonds is 2. The smallest absolute Gasteiger partial charge is 0.247 e. The lowest BCUT2D eigenvalue weighted by atomic mass is 10.1. The van der Waals surface area contributed by atoms with Crippen molar-refractivity contribution in [2.24, 2.45) is 11.6 Å². The number of hydrogen-bond acceptors (Lipinski definition) is 5. The van der Waals surface area contributed by atoms with Gasteiger partial charge in [-0.3, -0.25) is 4.79 Å². The molecule has 6 N–H and O–H groups in total. The van der Waals surface area contributed by atoms with E-state index in [9.17, 15) is 15.0 Å². The van der Waals surface area contributed by atoms with Gasteiger partial charge in [-0.2, -0.15) is 0 Å². The Hall–Kier alpha value is -1.86. The monoisotopic (exact) mass is 241 g/mol. The summed E-state index contributed by atoms with van der Waals surface area (Å²) in [5, 5.41) is 18.9. The molecule has 0 bridgehead atoms. The molecule has 0 aliphatic heterocycles. The Morgan fingerprint density at radius 2 is 2.06 bits per heavy atom. The van der Waals surface area contributed by atoms with Gasteiger partial charge in [0.2, 0.25) is 5.91 Å². The highest BCUT2D eigenvalue weighted by atomic mass is 32.1. The number of amides is 1. The van der Waals surface area contributed by atoms with E-state index < -0.39 is 5.91 Å². The van der Waals surface area contributed by atoms with Crippen molar-refractivity contribution < 1.29 is 15.0 Å². The maximum Gasteiger partial charge on any atom is 0.247 e. The van der Waals surface area contributed by atoms with Gasteiger partial charge < -0.3 is 15.9 Å². The summed E-state index contributed by atoms with van der Waals surface area (Å²) in [6.07, 6.45) is -0.200. The Kier molecular flexibility index (Phi) is 3.64. The van der Waals surface area contributed by atoms with Crippen LogP contribution in [0.25, 0.3) is 0 Å².